The number of benzene rings is 1. The first-order chi connectivity index (χ1) is 7.68. The summed E-state index contributed by atoms with van der Waals surface area (Å²) in [5, 5.41) is 9.96. The highest BCUT2D eigenvalue weighted by molar-refractivity contribution is 8.16. The molecule has 0 amide bonds. The first kappa shape index (κ1) is 11.8. The van der Waals surface area contributed by atoms with E-state index >= 15 is 0 Å². The Hall–Kier alpha value is -0.680. The third-order valence-electron chi connectivity index (χ3n) is 2.90. The molecule has 0 spiro atoms. The predicted molar refractivity (Wildman–Crippen MR) is 69.6 cm³/mol. The van der Waals surface area contributed by atoms with Gasteiger partial charge in [0.25, 0.3) is 0 Å². The largest absolute Gasteiger partial charge is 0.345 e. The van der Waals surface area contributed by atoms with E-state index in [1.807, 2.05) is 37.3 Å². The molecular weight excluding hydrogens is 237 g/mol. The van der Waals surface area contributed by atoms with Gasteiger partial charge < -0.3 is 4.52 Å². The summed E-state index contributed by atoms with van der Waals surface area (Å²) in [4.78, 5) is 0. The molecule has 2 nitrogen and oxygen atoms in total. The number of nitrogens with zero attached hydrogens (tertiary/aromatic N) is 1. The molecule has 0 bridgehead atoms. The molecule has 84 valence electrons. The zero-order chi connectivity index (χ0) is 11.6. The zero-order valence-electron chi connectivity index (χ0n) is 9.22. The van der Waals surface area contributed by atoms with Gasteiger partial charge in [-0.3, -0.25) is 0 Å². The summed E-state index contributed by atoms with van der Waals surface area (Å²) in [5.74, 6) is 0. The number of rotatable bonds is 4. The van der Waals surface area contributed by atoms with Crippen molar-refractivity contribution in [3.05, 3.63) is 30.3 Å². The van der Waals surface area contributed by atoms with Crippen LogP contribution in [0.25, 0.3) is 0 Å². The summed E-state index contributed by atoms with van der Waals surface area (Å²) in [6.07, 6.45) is -0.422. The Morgan fingerprint density at radius 3 is 2.50 bits per heavy atom. The summed E-state index contributed by atoms with van der Waals surface area (Å²) < 4.78 is 5.84. The standard InChI is InChI=1S/C12H14NOPS/c1-2-14-15(16,12(10-13)8-9-12)11-6-4-3-5-7-11/h3-7H,2,8-9H2,1H3. The van der Waals surface area contributed by atoms with Gasteiger partial charge in [0.1, 0.15) is 11.4 Å². The van der Waals surface area contributed by atoms with Crippen molar-refractivity contribution in [1.82, 2.24) is 0 Å². The maximum atomic E-state index is 9.31. The fraction of sp³-hybridized carbons (Fsp3) is 0.417. The molecule has 0 heterocycles. The van der Waals surface area contributed by atoms with E-state index in [1.165, 1.54) is 0 Å². The number of hydrogen-bond donors (Lipinski definition) is 0. The van der Waals surface area contributed by atoms with Gasteiger partial charge in [-0.25, -0.2) is 0 Å². The summed E-state index contributed by atoms with van der Waals surface area (Å²) in [6, 6.07) is 12.3. The minimum atomic E-state index is -2.19. The fourth-order valence-corrected chi connectivity index (χ4v) is 5.84. The normalized spacial score (nSPS) is 20.8. The molecule has 0 N–H and O–H groups in total. The second-order valence-corrected chi connectivity index (χ2v) is 8.22. The van der Waals surface area contributed by atoms with Gasteiger partial charge in [-0.1, -0.05) is 42.1 Å². The first-order valence-corrected chi connectivity index (χ1v) is 8.12. The van der Waals surface area contributed by atoms with Gasteiger partial charge >= 0.3 is 0 Å². The van der Waals surface area contributed by atoms with Crippen LogP contribution in [-0.2, 0) is 16.3 Å². The van der Waals surface area contributed by atoms with Gasteiger partial charge in [-0.15, -0.1) is 0 Å². The highest BCUT2D eigenvalue weighted by Gasteiger charge is 2.56. The van der Waals surface area contributed by atoms with Gasteiger partial charge in [0.15, 0.2) is 0 Å². The van der Waals surface area contributed by atoms with Crippen LogP contribution < -0.4 is 5.30 Å². The molecule has 1 fully saturated rings. The van der Waals surface area contributed by atoms with Crippen LogP contribution in [0.1, 0.15) is 19.8 Å². The second-order valence-electron chi connectivity index (χ2n) is 3.95. The van der Waals surface area contributed by atoms with Crippen molar-refractivity contribution < 1.29 is 4.52 Å². The molecule has 4 heteroatoms. The van der Waals surface area contributed by atoms with Crippen molar-refractivity contribution in [2.75, 3.05) is 6.61 Å². The molecule has 1 aliphatic carbocycles. The van der Waals surface area contributed by atoms with Gasteiger partial charge in [0.2, 0.25) is 0 Å². The van der Waals surface area contributed by atoms with E-state index in [1.54, 1.807) is 0 Å². The van der Waals surface area contributed by atoms with Crippen LogP contribution in [0.15, 0.2) is 30.3 Å². The zero-order valence-corrected chi connectivity index (χ0v) is 10.9. The van der Waals surface area contributed by atoms with Crippen molar-refractivity contribution >= 4 is 23.4 Å². The van der Waals surface area contributed by atoms with E-state index in [2.05, 4.69) is 6.07 Å². The second kappa shape index (κ2) is 4.30. The van der Waals surface area contributed by atoms with Crippen molar-refractivity contribution in [3.8, 4) is 6.07 Å². The highest BCUT2D eigenvalue weighted by atomic mass is 32.4. The molecule has 0 saturated heterocycles. The first-order valence-electron chi connectivity index (χ1n) is 5.40. The Morgan fingerprint density at radius 2 is 2.06 bits per heavy atom. The topological polar surface area (TPSA) is 33.0 Å². The third-order valence-corrected chi connectivity index (χ3v) is 8.17. The van der Waals surface area contributed by atoms with E-state index in [4.69, 9.17) is 16.3 Å². The summed E-state index contributed by atoms with van der Waals surface area (Å²) in [6.45, 7) is 2.52. The summed E-state index contributed by atoms with van der Waals surface area (Å²) in [5.41, 5.74) is 0. The van der Waals surface area contributed by atoms with E-state index in [9.17, 15) is 5.26 Å². The van der Waals surface area contributed by atoms with Crippen LogP contribution in [-0.4, -0.2) is 11.8 Å². The highest BCUT2D eigenvalue weighted by Crippen LogP contribution is 2.69. The summed E-state index contributed by atoms with van der Waals surface area (Å²) in [7, 11) is 0. The van der Waals surface area contributed by atoms with Crippen LogP contribution in [0.5, 0.6) is 0 Å². The minimum absolute atomic E-state index is 0.389. The van der Waals surface area contributed by atoms with Gasteiger partial charge in [0.05, 0.1) is 6.07 Å². The quantitative estimate of drug-likeness (QED) is 0.771. The Kier molecular flexibility index (Phi) is 3.17. The van der Waals surface area contributed by atoms with E-state index in [-0.39, 0.29) is 5.16 Å². The fourth-order valence-electron chi connectivity index (χ4n) is 1.84. The molecule has 1 aromatic carbocycles. The monoisotopic (exact) mass is 251 g/mol. The van der Waals surface area contributed by atoms with Crippen molar-refractivity contribution in [2.45, 2.75) is 24.9 Å². The summed E-state index contributed by atoms with van der Waals surface area (Å²) >= 11 is 5.73. The van der Waals surface area contributed by atoms with E-state index < -0.39 is 6.26 Å². The SMILES string of the molecule is CCOP(=S)(c1ccccc1)C1(C#N)CC1. The van der Waals surface area contributed by atoms with Crippen LogP contribution in [0, 0.1) is 11.3 Å². The van der Waals surface area contributed by atoms with Crippen LogP contribution >= 0.6 is 6.26 Å². The van der Waals surface area contributed by atoms with Crippen LogP contribution in [0.4, 0.5) is 0 Å². The van der Waals surface area contributed by atoms with Gasteiger partial charge in [-0.2, -0.15) is 5.26 Å². The molecule has 1 aliphatic rings. The maximum Gasteiger partial charge on any atom is 0.114 e. The molecular formula is C12H14NOPS. The molecule has 0 aromatic heterocycles. The van der Waals surface area contributed by atoms with Gasteiger partial charge in [-0.05, 0) is 19.8 Å². The minimum Gasteiger partial charge on any atom is -0.345 e. The average Bonchev–Trinajstić information content (AvgIpc) is 3.11. The Bertz CT molecular complexity index is 462. The Balaban J connectivity index is 2.46. The molecule has 16 heavy (non-hydrogen) atoms. The van der Waals surface area contributed by atoms with Gasteiger partial charge in [0, 0.05) is 11.9 Å². The molecule has 1 aromatic rings. The Morgan fingerprint density at radius 1 is 1.44 bits per heavy atom. The number of hydrogen-bond acceptors (Lipinski definition) is 3. The molecule has 2 rings (SSSR count). The molecule has 0 aliphatic heterocycles. The van der Waals surface area contributed by atoms with E-state index in [0.29, 0.717) is 6.61 Å². The van der Waals surface area contributed by atoms with Crippen molar-refractivity contribution in [2.24, 2.45) is 0 Å². The third kappa shape index (κ3) is 1.72. The smallest absolute Gasteiger partial charge is 0.114 e. The van der Waals surface area contributed by atoms with Crippen LogP contribution in [0.2, 0.25) is 0 Å². The maximum absolute atomic E-state index is 9.31. The lowest BCUT2D eigenvalue weighted by molar-refractivity contribution is 0.377. The average molecular weight is 251 g/mol. The van der Waals surface area contributed by atoms with Crippen molar-refractivity contribution in [1.29, 1.82) is 5.26 Å². The number of nitriles is 1. The molecule has 1 saturated carbocycles. The predicted octanol–water partition coefficient (Wildman–Crippen LogP) is 2.80. The molecule has 1 atom stereocenters. The lowest BCUT2D eigenvalue weighted by Crippen LogP contribution is -2.19. The van der Waals surface area contributed by atoms with E-state index in [0.717, 1.165) is 18.1 Å². The molecule has 0 radical (unpaired) electrons. The van der Waals surface area contributed by atoms with Crippen LogP contribution in [0.3, 0.4) is 0 Å². The van der Waals surface area contributed by atoms with Crippen molar-refractivity contribution in [3.63, 3.8) is 0 Å². The lowest BCUT2D eigenvalue weighted by atomic mass is 10.4. The molecule has 1 unspecified atom stereocenters. The lowest BCUT2D eigenvalue weighted by Gasteiger charge is -2.26. The Labute approximate surface area is 101 Å².